The molecule has 2 amide bonds. The van der Waals surface area contributed by atoms with Crippen molar-refractivity contribution in [1.82, 2.24) is 4.90 Å². The summed E-state index contributed by atoms with van der Waals surface area (Å²) in [7, 11) is -2.17. The molecule has 1 aliphatic rings. The van der Waals surface area contributed by atoms with Crippen LogP contribution in [0.25, 0.3) is 11.1 Å². The lowest BCUT2D eigenvalue weighted by Crippen LogP contribution is -2.47. The second kappa shape index (κ2) is 11.0. The number of thiol groups is 1. The molecule has 6 nitrogen and oxygen atoms in total. The third-order valence-electron chi connectivity index (χ3n) is 7.28. The summed E-state index contributed by atoms with van der Waals surface area (Å²) in [6, 6.07) is 11.5. The number of rotatable bonds is 5. The van der Waals surface area contributed by atoms with Gasteiger partial charge in [-0.2, -0.15) is 0 Å². The predicted molar refractivity (Wildman–Crippen MR) is 156 cm³/mol. The van der Waals surface area contributed by atoms with Crippen LogP contribution in [0.15, 0.2) is 42.5 Å². The van der Waals surface area contributed by atoms with Gasteiger partial charge in [0, 0.05) is 13.0 Å². The number of carbonyl (C=O) groups is 2. The van der Waals surface area contributed by atoms with Crippen LogP contribution in [-0.4, -0.2) is 49.5 Å². The van der Waals surface area contributed by atoms with E-state index in [2.05, 4.69) is 46.7 Å². The van der Waals surface area contributed by atoms with Crippen molar-refractivity contribution < 1.29 is 23.1 Å². The molecular formula is C29H41FN2O4SSi. The van der Waals surface area contributed by atoms with E-state index in [4.69, 9.17) is 9.16 Å². The Hall–Kier alpha value is -2.36. The highest BCUT2D eigenvalue weighted by Gasteiger charge is 2.47. The van der Waals surface area contributed by atoms with Gasteiger partial charge in [0.2, 0.25) is 0 Å². The van der Waals surface area contributed by atoms with Gasteiger partial charge in [-0.05, 0) is 74.7 Å². The number of hydrogen-bond donors (Lipinski definition) is 1. The molecule has 3 rings (SSSR count). The van der Waals surface area contributed by atoms with E-state index in [0.717, 1.165) is 15.4 Å². The van der Waals surface area contributed by atoms with E-state index in [1.807, 2.05) is 31.2 Å². The smallest absolute Gasteiger partial charge is 0.411 e. The quantitative estimate of drug-likeness (QED) is 0.306. The van der Waals surface area contributed by atoms with Crippen molar-refractivity contribution in [1.29, 1.82) is 0 Å². The van der Waals surface area contributed by atoms with Crippen molar-refractivity contribution in [3.63, 3.8) is 0 Å². The van der Waals surface area contributed by atoms with Crippen molar-refractivity contribution >= 4 is 38.8 Å². The Labute approximate surface area is 233 Å². The van der Waals surface area contributed by atoms with E-state index in [0.29, 0.717) is 5.56 Å². The van der Waals surface area contributed by atoms with Crippen LogP contribution in [0.3, 0.4) is 0 Å². The molecule has 0 N–H and O–H groups in total. The standard InChI is InChI=1S/C29H41FN2O4SSi/c1-19-12-10-11-13-22(19)20-14-15-24(23(30)16-20)32(37)26(33)25-17-21(36-38(8,9)29(5,6)7)18-31(25)27(34)35-28(2,3)4/h10-16,21,25,37H,17-18H2,1-9H3/t21-,25-/m1/s1. The Balaban J connectivity index is 1.88. The first-order valence-electron chi connectivity index (χ1n) is 13.0. The molecule has 1 aliphatic heterocycles. The van der Waals surface area contributed by atoms with Gasteiger partial charge in [0.1, 0.15) is 17.5 Å². The molecule has 1 saturated heterocycles. The van der Waals surface area contributed by atoms with E-state index in [9.17, 15) is 9.59 Å². The maximum Gasteiger partial charge on any atom is 0.411 e. The largest absolute Gasteiger partial charge is 0.444 e. The van der Waals surface area contributed by atoms with Gasteiger partial charge in [0.05, 0.1) is 11.8 Å². The van der Waals surface area contributed by atoms with E-state index >= 15 is 4.39 Å². The number of hydrogen-bond acceptors (Lipinski definition) is 5. The van der Waals surface area contributed by atoms with E-state index < -0.39 is 37.8 Å². The molecule has 1 heterocycles. The van der Waals surface area contributed by atoms with Gasteiger partial charge in [0.25, 0.3) is 5.91 Å². The van der Waals surface area contributed by atoms with Crippen LogP contribution in [0.1, 0.15) is 53.5 Å². The monoisotopic (exact) mass is 560 g/mol. The normalized spacial score (nSPS) is 18.4. The number of aryl methyl sites for hydroxylation is 1. The van der Waals surface area contributed by atoms with Crippen LogP contribution in [0.2, 0.25) is 18.1 Å². The van der Waals surface area contributed by atoms with E-state index in [-0.39, 0.29) is 29.8 Å². The number of ether oxygens (including phenoxy) is 1. The molecule has 1 fully saturated rings. The fourth-order valence-electron chi connectivity index (χ4n) is 4.24. The van der Waals surface area contributed by atoms with Gasteiger partial charge in [-0.15, -0.1) is 0 Å². The number of anilines is 1. The molecule has 0 aliphatic carbocycles. The molecule has 9 heteroatoms. The number of amides is 2. The predicted octanol–water partition coefficient (Wildman–Crippen LogP) is 7.38. The van der Waals surface area contributed by atoms with Crippen molar-refractivity contribution in [3.8, 4) is 11.1 Å². The maximum atomic E-state index is 15.3. The molecule has 208 valence electrons. The van der Waals surface area contributed by atoms with Gasteiger partial charge in [-0.1, -0.05) is 63.9 Å². The number of carbonyl (C=O) groups excluding carboxylic acids is 2. The second-order valence-corrected chi connectivity index (χ2v) is 17.7. The highest BCUT2D eigenvalue weighted by atomic mass is 32.1. The lowest BCUT2D eigenvalue weighted by Gasteiger charge is -2.38. The summed E-state index contributed by atoms with van der Waals surface area (Å²) in [5.74, 6) is -1.09. The number of nitrogens with zero attached hydrogens (tertiary/aromatic N) is 2. The number of likely N-dealkylation sites (tertiary alicyclic amines) is 1. The van der Waals surface area contributed by atoms with E-state index in [1.54, 1.807) is 32.9 Å². The Morgan fingerprint density at radius 3 is 2.26 bits per heavy atom. The minimum Gasteiger partial charge on any atom is -0.444 e. The molecule has 0 unspecified atom stereocenters. The summed E-state index contributed by atoms with van der Waals surface area (Å²) in [5, 5.41) is -0.0383. The zero-order valence-electron chi connectivity index (χ0n) is 24.0. The van der Waals surface area contributed by atoms with Crippen LogP contribution in [0.5, 0.6) is 0 Å². The molecule has 0 bridgehead atoms. The van der Waals surface area contributed by atoms with Gasteiger partial charge in [-0.25, -0.2) is 9.18 Å². The summed E-state index contributed by atoms with van der Waals surface area (Å²) >= 11 is 4.39. The van der Waals surface area contributed by atoms with Gasteiger partial charge in [0.15, 0.2) is 8.32 Å². The first-order chi connectivity index (χ1) is 17.4. The molecule has 2 atom stereocenters. The molecule has 38 heavy (non-hydrogen) atoms. The van der Waals surface area contributed by atoms with Crippen LogP contribution in [-0.2, 0) is 14.0 Å². The highest BCUT2D eigenvalue weighted by Crippen LogP contribution is 2.39. The lowest BCUT2D eigenvalue weighted by atomic mass is 10.0. The van der Waals surface area contributed by atoms with Gasteiger partial charge >= 0.3 is 6.09 Å². The molecule has 2 aromatic rings. The first kappa shape index (κ1) is 30.2. The Morgan fingerprint density at radius 1 is 1.08 bits per heavy atom. The van der Waals surface area contributed by atoms with Crippen LogP contribution in [0, 0.1) is 12.7 Å². The molecule has 0 spiro atoms. The molecule has 0 aromatic heterocycles. The summed E-state index contributed by atoms with van der Waals surface area (Å²) in [6.45, 7) is 18.2. The fourth-order valence-corrected chi connectivity index (χ4v) is 5.89. The summed E-state index contributed by atoms with van der Waals surface area (Å²) in [4.78, 5) is 28.2. The minimum atomic E-state index is -2.17. The van der Waals surface area contributed by atoms with Crippen LogP contribution in [0.4, 0.5) is 14.9 Å². The third-order valence-corrected chi connectivity index (χ3v) is 12.2. The minimum absolute atomic E-state index is 0.0218. The second-order valence-electron chi connectivity index (χ2n) is 12.5. The Bertz CT molecular complexity index is 1190. The third kappa shape index (κ3) is 6.79. The molecule has 2 aromatic carbocycles. The van der Waals surface area contributed by atoms with Crippen molar-refractivity contribution in [2.75, 3.05) is 10.8 Å². The fraction of sp³-hybridized carbons (Fsp3) is 0.517. The van der Waals surface area contributed by atoms with Crippen molar-refractivity contribution in [2.45, 2.75) is 90.8 Å². The summed E-state index contributed by atoms with van der Waals surface area (Å²) in [5.41, 5.74) is 1.92. The maximum absolute atomic E-state index is 15.3. The van der Waals surface area contributed by atoms with Crippen LogP contribution >= 0.6 is 12.8 Å². The summed E-state index contributed by atoms with van der Waals surface area (Å²) in [6.07, 6.45) is -0.661. The zero-order chi connectivity index (χ0) is 28.6. The van der Waals surface area contributed by atoms with E-state index in [1.165, 1.54) is 11.0 Å². The molecule has 0 saturated carbocycles. The summed E-state index contributed by atoms with van der Waals surface area (Å²) < 4.78 is 28.5. The van der Waals surface area contributed by atoms with Gasteiger partial charge in [-0.3, -0.25) is 14.0 Å². The topological polar surface area (TPSA) is 59.1 Å². The zero-order valence-corrected chi connectivity index (χ0v) is 25.9. The molecular weight excluding hydrogens is 519 g/mol. The number of benzene rings is 2. The average molecular weight is 561 g/mol. The van der Waals surface area contributed by atoms with Crippen molar-refractivity contribution in [3.05, 3.63) is 53.8 Å². The Kier molecular flexibility index (Phi) is 8.75. The lowest BCUT2D eigenvalue weighted by molar-refractivity contribution is -0.121. The SMILES string of the molecule is Cc1ccccc1-c1ccc(N(S)C(=O)[C@H]2C[C@@H](O[Si](C)(C)C(C)(C)C)CN2C(=O)OC(C)(C)C)c(F)c1. The molecule has 0 radical (unpaired) electrons. The highest BCUT2D eigenvalue weighted by molar-refractivity contribution is 7.82. The van der Waals surface area contributed by atoms with Crippen molar-refractivity contribution in [2.24, 2.45) is 0 Å². The van der Waals surface area contributed by atoms with Gasteiger partial charge < -0.3 is 9.16 Å². The Morgan fingerprint density at radius 2 is 1.71 bits per heavy atom. The average Bonchev–Trinajstić information content (AvgIpc) is 3.20. The number of halogens is 1. The van der Waals surface area contributed by atoms with Crippen LogP contribution < -0.4 is 4.31 Å². The first-order valence-corrected chi connectivity index (χ1v) is 16.3.